The topological polar surface area (TPSA) is 29.5 Å². The molecule has 0 aliphatic heterocycles. The summed E-state index contributed by atoms with van der Waals surface area (Å²) in [7, 11) is 1.60. The number of ether oxygens (including phenoxy) is 1. The molecule has 90 valence electrons. The van der Waals surface area contributed by atoms with Crippen LogP contribution >= 0.6 is 24.2 Å². The molecule has 4 heteroatoms. The fourth-order valence-electron chi connectivity index (χ4n) is 1.79. The van der Waals surface area contributed by atoms with Crippen LogP contribution in [0.25, 0.3) is 0 Å². The van der Waals surface area contributed by atoms with Gasteiger partial charge in [-0.05, 0) is 43.2 Å². The number of rotatable bonds is 4. The number of hydrogen-bond acceptors (Lipinski definition) is 3. The number of benzene rings is 1. The van der Waals surface area contributed by atoms with E-state index in [1.165, 1.54) is 0 Å². The molecule has 1 N–H and O–H groups in total. The highest BCUT2D eigenvalue weighted by Gasteiger charge is 2.18. The van der Waals surface area contributed by atoms with Crippen molar-refractivity contribution in [2.45, 2.75) is 26.4 Å². The van der Waals surface area contributed by atoms with Gasteiger partial charge in [-0.25, -0.2) is 0 Å². The summed E-state index contributed by atoms with van der Waals surface area (Å²) in [5, 5.41) is 10.7. The summed E-state index contributed by atoms with van der Waals surface area (Å²) < 4.78 is 5.29. The van der Waals surface area contributed by atoms with Crippen LogP contribution < -0.4 is 4.74 Å². The third-order valence-electron chi connectivity index (χ3n) is 2.65. The quantitative estimate of drug-likeness (QED) is 0.814. The standard InChI is InChI=1S/C12H17ClO2S/c1-7-6-10(15-3)11(8(2)12(7)13)9(14)4-5-16/h6,9,14,16H,4-5H2,1-3H3. The summed E-state index contributed by atoms with van der Waals surface area (Å²) in [4.78, 5) is 0. The van der Waals surface area contributed by atoms with Gasteiger partial charge in [0.1, 0.15) is 5.75 Å². The first kappa shape index (κ1) is 13.7. The first-order chi connectivity index (χ1) is 7.52. The van der Waals surface area contributed by atoms with Crippen molar-refractivity contribution in [1.29, 1.82) is 0 Å². The maximum atomic E-state index is 10.0. The van der Waals surface area contributed by atoms with Gasteiger partial charge < -0.3 is 9.84 Å². The third kappa shape index (κ3) is 2.65. The van der Waals surface area contributed by atoms with E-state index in [-0.39, 0.29) is 0 Å². The van der Waals surface area contributed by atoms with E-state index >= 15 is 0 Å². The monoisotopic (exact) mass is 260 g/mol. The van der Waals surface area contributed by atoms with E-state index in [1.54, 1.807) is 7.11 Å². The summed E-state index contributed by atoms with van der Waals surface area (Å²) in [6.45, 7) is 3.82. The number of thiol groups is 1. The second-order valence-corrected chi connectivity index (χ2v) is 4.60. The van der Waals surface area contributed by atoms with Crippen LogP contribution in [0.1, 0.15) is 29.2 Å². The molecule has 0 bridgehead atoms. The predicted molar refractivity (Wildman–Crippen MR) is 70.9 cm³/mol. The van der Waals surface area contributed by atoms with Crippen molar-refractivity contribution < 1.29 is 9.84 Å². The SMILES string of the molecule is COc1cc(C)c(Cl)c(C)c1C(O)CCS. The number of hydrogen-bond donors (Lipinski definition) is 2. The van der Waals surface area contributed by atoms with Gasteiger partial charge in [0.25, 0.3) is 0 Å². The lowest BCUT2D eigenvalue weighted by atomic mass is 9.98. The number of aliphatic hydroxyl groups is 1. The van der Waals surface area contributed by atoms with E-state index in [9.17, 15) is 5.11 Å². The van der Waals surface area contributed by atoms with Gasteiger partial charge in [-0.3, -0.25) is 0 Å². The maximum absolute atomic E-state index is 10.0. The Balaban J connectivity index is 3.29. The minimum Gasteiger partial charge on any atom is -0.496 e. The van der Waals surface area contributed by atoms with Crippen LogP contribution in [-0.4, -0.2) is 18.0 Å². The molecular formula is C12H17ClO2S. The lowest BCUT2D eigenvalue weighted by molar-refractivity contribution is 0.170. The molecule has 1 aromatic carbocycles. The zero-order valence-corrected chi connectivity index (χ0v) is 11.4. The van der Waals surface area contributed by atoms with E-state index in [4.69, 9.17) is 16.3 Å². The summed E-state index contributed by atoms with van der Waals surface area (Å²) in [6.07, 6.45) is 0.00484. The lowest BCUT2D eigenvalue weighted by Gasteiger charge is -2.19. The van der Waals surface area contributed by atoms with Crippen molar-refractivity contribution in [3.63, 3.8) is 0 Å². The van der Waals surface area contributed by atoms with Crippen LogP contribution in [0.2, 0.25) is 5.02 Å². The number of aliphatic hydroxyl groups excluding tert-OH is 1. The van der Waals surface area contributed by atoms with E-state index < -0.39 is 6.10 Å². The van der Waals surface area contributed by atoms with Gasteiger partial charge in [-0.1, -0.05) is 11.6 Å². The van der Waals surface area contributed by atoms with Crippen molar-refractivity contribution in [1.82, 2.24) is 0 Å². The lowest BCUT2D eigenvalue weighted by Crippen LogP contribution is -2.05. The molecule has 0 amide bonds. The molecule has 1 aromatic rings. The van der Waals surface area contributed by atoms with Crippen molar-refractivity contribution in [3.8, 4) is 5.75 Å². The highest BCUT2D eigenvalue weighted by atomic mass is 35.5. The second-order valence-electron chi connectivity index (χ2n) is 3.78. The van der Waals surface area contributed by atoms with Crippen LogP contribution in [0, 0.1) is 13.8 Å². The fraction of sp³-hybridized carbons (Fsp3) is 0.500. The molecule has 0 radical (unpaired) electrons. The van der Waals surface area contributed by atoms with Crippen LogP contribution in [0.15, 0.2) is 6.07 Å². The van der Waals surface area contributed by atoms with E-state index in [2.05, 4.69) is 12.6 Å². The first-order valence-corrected chi connectivity index (χ1v) is 6.16. The summed E-state index contributed by atoms with van der Waals surface area (Å²) in [5.41, 5.74) is 2.61. The molecular weight excluding hydrogens is 244 g/mol. The van der Waals surface area contributed by atoms with Gasteiger partial charge in [0.2, 0.25) is 0 Å². The molecule has 1 rings (SSSR count). The van der Waals surface area contributed by atoms with Gasteiger partial charge in [-0.2, -0.15) is 12.6 Å². The Kier molecular flexibility index (Phi) is 4.96. The van der Waals surface area contributed by atoms with E-state index in [0.29, 0.717) is 22.9 Å². The number of halogens is 1. The van der Waals surface area contributed by atoms with Crippen LogP contribution in [0.5, 0.6) is 5.75 Å². The molecule has 16 heavy (non-hydrogen) atoms. The molecule has 2 nitrogen and oxygen atoms in total. The molecule has 0 aromatic heterocycles. The first-order valence-electron chi connectivity index (χ1n) is 5.15. The average molecular weight is 261 g/mol. The Hall–Kier alpha value is -0.380. The van der Waals surface area contributed by atoms with Gasteiger partial charge >= 0.3 is 0 Å². The normalized spacial score (nSPS) is 12.6. The molecule has 0 aliphatic rings. The Morgan fingerprint density at radius 2 is 2.12 bits per heavy atom. The third-order valence-corrected chi connectivity index (χ3v) is 3.49. The van der Waals surface area contributed by atoms with Gasteiger partial charge in [0.15, 0.2) is 0 Å². The van der Waals surface area contributed by atoms with Crippen LogP contribution in [0.3, 0.4) is 0 Å². The van der Waals surface area contributed by atoms with Crippen molar-refractivity contribution in [2.24, 2.45) is 0 Å². The molecule has 1 atom stereocenters. The van der Waals surface area contributed by atoms with Gasteiger partial charge in [-0.15, -0.1) is 0 Å². The molecule has 0 fully saturated rings. The van der Waals surface area contributed by atoms with Crippen molar-refractivity contribution >= 4 is 24.2 Å². The highest BCUT2D eigenvalue weighted by molar-refractivity contribution is 7.80. The van der Waals surface area contributed by atoms with Crippen molar-refractivity contribution in [3.05, 3.63) is 27.8 Å². The maximum Gasteiger partial charge on any atom is 0.125 e. The minimum absolute atomic E-state index is 0.578. The highest BCUT2D eigenvalue weighted by Crippen LogP contribution is 2.36. The Labute approximate surface area is 107 Å². The van der Waals surface area contributed by atoms with E-state index in [0.717, 1.165) is 16.7 Å². The summed E-state index contributed by atoms with van der Waals surface area (Å²) in [6, 6.07) is 1.85. The van der Waals surface area contributed by atoms with E-state index in [1.807, 2.05) is 19.9 Å². The zero-order valence-electron chi connectivity index (χ0n) is 9.75. The molecule has 0 spiro atoms. The van der Waals surface area contributed by atoms with Crippen LogP contribution in [-0.2, 0) is 0 Å². The predicted octanol–water partition coefficient (Wildman–Crippen LogP) is 3.32. The second kappa shape index (κ2) is 5.80. The van der Waals surface area contributed by atoms with Crippen LogP contribution in [0.4, 0.5) is 0 Å². The molecule has 0 heterocycles. The Morgan fingerprint density at radius 1 is 1.50 bits per heavy atom. The number of aryl methyl sites for hydroxylation is 1. The Bertz CT molecular complexity index is 380. The average Bonchev–Trinajstić information content (AvgIpc) is 2.25. The zero-order chi connectivity index (χ0) is 12.3. The molecule has 0 saturated carbocycles. The summed E-state index contributed by atoms with van der Waals surface area (Å²) in [5.74, 6) is 1.31. The molecule has 0 aliphatic carbocycles. The minimum atomic E-state index is -0.578. The van der Waals surface area contributed by atoms with Gasteiger partial charge in [0.05, 0.1) is 13.2 Å². The Morgan fingerprint density at radius 3 is 2.62 bits per heavy atom. The van der Waals surface area contributed by atoms with Crippen molar-refractivity contribution in [2.75, 3.05) is 12.9 Å². The fourth-order valence-corrected chi connectivity index (χ4v) is 2.19. The largest absolute Gasteiger partial charge is 0.496 e. The van der Waals surface area contributed by atoms with Gasteiger partial charge in [0, 0.05) is 10.6 Å². The smallest absolute Gasteiger partial charge is 0.125 e. The summed E-state index contributed by atoms with van der Waals surface area (Å²) >= 11 is 10.3. The molecule has 0 saturated heterocycles. The molecule has 1 unspecified atom stereocenters. The number of methoxy groups -OCH3 is 1.